The Bertz CT molecular complexity index is 1040. The van der Waals surface area contributed by atoms with Gasteiger partial charge in [0.2, 0.25) is 21.8 Å². The molecule has 1 aliphatic rings. The fourth-order valence-corrected chi connectivity index (χ4v) is 4.53. The van der Waals surface area contributed by atoms with Gasteiger partial charge in [0.15, 0.2) is 0 Å². The summed E-state index contributed by atoms with van der Waals surface area (Å²) in [5.41, 5.74) is 1.92. The SMILES string of the molecule is CCN(CC(=O)NCc1ccc(F)cc1)S(=O)(=O)c1ccc2c(c1)[C@H](C)C(=O)N2. The van der Waals surface area contributed by atoms with Crippen LogP contribution in [0.15, 0.2) is 47.4 Å². The molecule has 0 radical (unpaired) electrons. The van der Waals surface area contributed by atoms with E-state index in [1.165, 1.54) is 24.3 Å². The first kappa shape index (κ1) is 20.9. The normalized spacial score (nSPS) is 15.9. The molecule has 0 spiro atoms. The van der Waals surface area contributed by atoms with E-state index < -0.39 is 21.8 Å². The highest BCUT2D eigenvalue weighted by atomic mass is 32.2. The maximum atomic E-state index is 13.0. The third kappa shape index (κ3) is 4.46. The van der Waals surface area contributed by atoms with Gasteiger partial charge in [-0.15, -0.1) is 0 Å². The molecule has 2 aromatic rings. The van der Waals surface area contributed by atoms with E-state index in [-0.39, 0.29) is 36.3 Å². The van der Waals surface area contributed by atoms with Crippen molar-refractivity contribution in [3.05, 3.63) is 59.4 Å². The lowest BCUT2D eigenvalue weighted by molar-refractivity contribution is -0.121. The summed E-state index contributed by atoms with van der Waals surface area (Å²) in [5.74, 6) is -1.45. The quantitative estimate of drug-likeness (QED) is 0.719. The van der Waals surface area contributed by atoms with Crippen molar-refractivity contribution >= 4 is 27.5 Å². The highest BCUT2D eigenvalue weighted by molar-refractivity contribution is 7.89. The molecule has 29 heavy (non-hydrogen) atoms. The smallest absolute Gasteiger partial charge is 0.243 e. The Hall–Kier alpha value is -2.78. The molecule has 0 aromatic heterocycles. The Morgan fingerprint density at radius 1 is 1.21 bits per heavy atom. The minimum Gasteiger partial charge on any atom is -0.351 e. The van der Waals surface area contributed by atoms with Crippen molar-refractivity contribution in [2.24, 2.45) is 0 Å². The van der Waals surface area contributed by atoms with E-state index in [0.717, 1.165) is 4.31 Å². The molecule has 2 N–H and O–H groups in total. The molecule has 1 heterocycles. The molecule has 154 valence electrons. The van der Waals surface area contributed by atoms with E-state index in [4.69, 9.17) is 0 Å². The first-order chi connectivity index (χ1) is 13.7. The molecule has 2 aromatic carbocycles. The van der Waals surface area contributed by atoms with Gasteiger partial charge in [-0.1, -0.05) is 19.1 Å². The average Bonchev–Trinajstić information content (AvgIpc) is 2.99. The van der Waals surface area contributed by atoms with Gasteiger partial charge in [0.1, 0.15) is 5.82 Å². The van der Waals surface area contributed by atoms with Crippen LogP contribution >= 0.6 is 0 Å². The lowest BCUT2D eigenvalue weighted by atomic mass is 10.0. The Morgan fingerprint density at radius 3 is 2.55 bits per heavy atom. The first-order valence-corrected chi connectivity index (χ1v) is 10.6. The number of hydrogen-bond acceptors (Lipinski definition) is 4. The van der Waals surface area contributed by atoms with Crippen molar-refractivity contribution in [1.29, 1.82) is 0 Å². The number of fused-ring (bicyclic) bond motifs is 1. The van der Waals surface area contributed by atoms with Gasteiger partial charge in [-0.25, -0.2) is 12.8 Å². The number of halogens is 1. The van der Waals surface area contributed by atoms with Gasteiger partial charge in [-0.2, -0.15) is 4.31 Å². The van der Waals surface area contributed by atoms with Crippen LogP contribution in [0, 0.1) is 5.82 Å². The molecule has 0 unspecified atom stereocenters. The van der Waals surface area contributed by atoms with Crippen LogP contribution in [0.5, 0.6) is 0 Å². The van der Waals surface area contributed by atoms with Gasteiger partial charge < -0.3 is 10.6 Å². The van der Waals surface area contributed by atoms with Gasteiger partial charge in [-0.05, 0) is 48.4 Å². The van der Waals surface area contributed by atoms with Crippen molar-refractivity contribution in [2.45, 2.75) is 31.2 Å². The molecule has 0 saturated heterocycles. The zero-order chi connectivity index (χ0) is 21.2. The zero-order valence-corrected chi connectivity index (χ0v) is 16.9. The van der Waals surface area contributed by atoms with Gasteiger partial charge in [0.05, 0.1) is 17.4 Å². The number of hydrogen-bond donors (Lipinski definition) is 2. The molecular formula is C20H22FN3O4S. The van der Waals surface area contributed by atoms with E-state index in [1.54, 1.807) is 32.0 Å². The number of benzene rings is 2. The summed E-state index contributed by atoms with van der Waals surface area (Å²) < 4.78 is 40.0. The number of likely N-dealkylation sites (N-methyl/N-ethyl adjacent to an activating group) is 1. The number of nitrogens with one attached hydrogen (secondary N) is 2. The summed E-state index contributed by atoms with van der Waals surface area (Å²) in [6.45, 7) is 3.28. The largest absolute Gasteiger partial charge is 0.351 e. The number of sulfonamides is 1. The second-order valence-corrected chi connectivity index (χ2v) is 8.73. The van der Waals surface area contributed by atoms with E-state index in [1.807, 2.05) is 0 Å². The van der Waals surface area contributed by atoms with Crippen molar-refractivity contribution in [3.8, 4) is 0 Å². The Balaban J connectivity index is 1.71. The summed E-state index contributed by atoms with van der Waals surface area (Å²) in [4.78, 5) is 24.1. The predicted octanol–water partition coefficient (Wildman–Crippen LogP) is 2.21. The third-order valence-electron chi connectivity index (χ3n) is 4.85. The average molecular weight is 419 g/mol. The highest BCUT2D eigenvalue weighted by Gasteiger charge is 2.31. The van der Waals surface area contributed by atoms with Crippen LogP contribution in [0.4, 0.5) is 10.1 Å². The van der Waals surface area contributed by atoms with Crippen LogP contribution in [0.3, 0.4) is 0 Å². The van der Waals surface area contributed by atoms with Crippen LogP contribution in [-0.2, 0) is 26.2 Å². The standard InChI is InChI=1S/C20H22FN3O4S/c1-3-24(12-19(25)22-11-14-4-6-15(21)7-5-14)29(27,28)16-8-9-18-17(10-16)13(2)20(26)23-18/h4-10,13H,3,11-12H2,1-2H3,(H,22,25)(H,23,26)/t13-/m0/s1. The maximum Gasteiger partial charge on any atom is 0.243 e. The van der Waals surface area contributed by atoms with E-state index in [2.05, 4.69) is 10.6 Å². The minimum absolute atomic E-state index is 0.0350. The Labute approximate surface area is 169 Å². The molecule has 9 heteroatoms. The molecule has 1 atom stereocenters. The Morgan fingerprint density at radius 2 is 1.90 bits per heavy atom. The highest BCUT2D eigenvalue weighted by Crippen LogP contribution is 2.34. The summed E-state index contributed by atoms with van der Waals surface area (Å²) in [5, 5.41) is 5.34. The van der Waals surface area contributed by atoms with Crippen molar-refractivity contribution in [1.82, 2.24) is 9.62 Å². The maximum absolute atomic E-state index is 13.0. The molecule has 0 saturated carbocycles. The Kier molecular flexibility index (Phi) is 5.99. The second kappa shape index (κ2) is 8.30. The van der Waals surface area contributed by atoms with Crippen molar-refractivity contribution < 1.29 is 22.4 Å². The monoisotopic (exact) mass is 419 g/mol. The molecule has 2 amide bonds. The van der Waals surface area contributed by atoms with Gasteiger partial charge in [0, 0.05) is 18.8 Å². The molecule has 3 rings (SSSR count). The predicted molar refractivity (Wildman–Crippen MR) is 106 cm³/mol. The summed E-state index contributed by atoms with van der Waals surface area (Å²) in [6.07, 6.45) is 0. The minimum atomic E-state index is -3.91. The number of nitrogens with zero attached hydrogens (tertiary/aromatic N) is 1. The van der Waals surface area contributed by atoms with E-state index >= 15 is 0 Å². The zero-order valence-electron chi connectivity index (χ0n) is 16.1. The molecule has 0 bridgehead atoms. The molecule has 7 nitrogen and oxygen atoms in total. The summed E-state index contributed by atoms with van der Waals surface area (Å²) >= 11 is 0. The van der Waals surface area contributed by atoms with Gasteiger partial charge >= 0.3 is 0 Å². The van der Waals surface area contributed by atoms with Gasteiger partial charge in [0.25, 0.3) is 0 Å². The molecule has 0 fully saturated rings. The number of anilines is 1. The van der Waals surface area contributed by atoms with Crippen LogP contribution < -0.4 is 10.6 Å². The van der Waals surface area contributed by atoms with Crippen LogP contribution in [0.25, 0.3) is 0 Å². The fourth-order valence-electron chi connectivity index (χ4n) is 3.09. The number of rotatable bonds is 7. The fraction of sp³-hybridized carbons (Fsp3) is 0.300. The molecular weight excluding hydrogens is 397 g/mol. The van der Waals surface area contributed by atoms with Crippen LogP contribution in [0.1, 0.15) is 30.9 Å². The topological polar surface area (TPSA) is 95.6 Å². The number of carbonyl (C=O) groups is 2. The second-order valence-electron chi connectivity index (χ2n) is 6.79. The molecule has 0 aliphatic carbocycles. The van der Waals surface area contributed by atoms with Crippen molar-refractivity contribution in [3.63, 3.8) is 0 Å². The third-order valence-corrected chi connectivity index (χ3v) is 6.77. The lowest BCUT2D eigenvalue weighted by Crippen LogP contribution is -2.40. The number of carbonyl (C=O) groups excluding carboxylic acids is 2. The number of amides is 2. The summed E-state index contributed by atoms with van der Waals surface area (Å²) in [7, 11) is -3.91. The van der Waals surface area contributed by atoms with E-state index in [0.29, 0.717) is 16.8 Å². The first-order valence-electron chi connectivity index (χ1n) is 9.18. The van der Waals surface area contributed by atoms with Crippen LogP contribution in [-0.4, -0.2) is 37.6 Å². The van der Waals surface area contributed by atoms with E-state index in [9.17, 15) is 22.4 Å². The lowest BCUT2D eigenvalue weighted by Gasteiger charge is -2.20. The summed E-state index contributed by atoms with van der Waals surface area (Å²) in [6, 6.07) is 10.1. The molecule has 1 aliphatic heterocycles. The van der Waals surface area contributed by atoms with Crippen molar-refractivity contribution in [2.75, 3.05) is 18.4 Å². The van der Waals surface area contributed by atoms with Gasteiger partial charge in [-0.3, -0.25) is 9.59 Å². The van der Waals surface area contributed by atoms with Crippen LogP contribution in [0.2, 0.25) is 0 Å².